The van der Waals surface area contributed by atoms with E-state index in [-0.39, 0.29) is 6.42 Å². The molecule has 0 amide bonds. The van der Waals surface area contributed by atoms with E-state index in [1.807, 2.05) is 12.1 Å². The van der Waals surface area contributed by atoms with Crippen molar-refractivity contribution in [2.75, 3.05) is 32.7 Å². The second kappa shape index (κ2) is 6.54. The molecule has 1 heterocycles. The lowest BCUT2D eigenvalue weighted by atomic mass is 10.2. The summed E-state index contributed by atoms with van der Waals surface area (Å²) >= 11 is 0. The van der Waals surface area contributed by atoms with E-state index >= 15 is 0 Å². The van der Waals surface area contributed by atoms with Crippen LogP contribution in [0.1, 0.15) is 12.0 Å². The van der Waals surface area contributed by atoms with Gasteiger partial charge in [-0.1, -0.05) is 12.1 Å². The van der Waals surface area contributed by atoms with Crippen molar-refractivity contribution < 1.29 is 15.0 Å². The lowest BCUT2D eigenvalue weighted by Gasteiger charge is -2.34. The molecule has 1 aromatic carbocycles. The van der Waals surface area contributed by atoms with Gasteiger partial charge in [0.15, 0.2) is 0 Å². The van der Waals surface area contributed by atoms with Gasteiger partial charge in [-0.25, -0.2) is 0 Å². The summed E-state index contributed by atoms with van der Waals surface area (Å²) in [6.07, 6.45) is 0.220. The maximum atomic E-state index is 10.5. The monoisotopic (exact) mass is 264 g/mol. The standard InChI is InChI=1S/C14H20N2O3/c17-13-3-1-12(2-4-13)11-16-9-7-15(8-10-16)6-5-14(18)19/h1-4,17H,5-11H2,(H,18,19). The van der Waals surface area contributed by atoms with Crippen molar-refractivity contribution in [1.29, 1.82) is 0 Å². The zero-order chi connectivity index (χ0) is 13.7. The molecule has 1 saturated heterocycles. The van der Waals surface area contributed by atoms with Crippen LogP contribution >= 0.6 is 0 Å². The molecule has 0 unspecified atom stereocenters. The maximum Gasteiger partial charge on any atom is 0.304 e. The molecular formula is C14H20N2O3. The van der Waals surface area contributed by atoms with Crippen molar-refractivity contribution in [2.24, 2.45) is 0 Å². The van der Waals surface area contributed by atoms with E-state index in [1.54, 1.807) is 12.1 Å². The van der Waals surface area contributed by atoms with E-state index in [9.17, 15) is 9.90 Å². The zero-order valence-corrected chi connectivity index (χ0v) is 11.0. The maximum absolute atomic E-state index is 10.5. The molecule has 2 rings (SSSR count). The van der Waals surface area contributed by atoms with Crippen LogP contribution in [0.4, 0.5) is 0 Å². The molecule has 0 saturated carbocycles. The van der Waals surface area contributed by atoms with Crippen molar-refractivity contribution in [3.8, 4) is 5.75 Å². The molecule has 0 aliphatic carbocycles. The molecule has 0 aromatic heterocycles. The molecule has 104 valence electrons. The van der Waals surface area contributed by atoms with Gasteiger partial charge in [-0.3, -0.25) is 9.69 Å². The van der Waals surface area contributed by atoms with Gasteiger partial charge in [-0.15, -0.1) is 0 Å². The van der Waals surface area contributed by atoms with Gasteiger partial charge in [0.2, 0.25) is 0 Å². The van der Waals surface area contributed by atoms with Crippen molar-refractivity contribution >= 4 is 5.97 Å². The summed E-state index contributed by atoms with van der Waals surface area (Å²) in [4.78, 5) is 15.1. The third kappa shape index (κ3) is 4.54. The summed E-state index contributed by atoms with van der Waals surface area (Å²) in [5, 5.41) is 17.9. The number of carbonyl (C=O) groups is 1. The first-order valence-corrected chi connectivity index (χ1v) is 6.58. The fourth-order valence-electron chi connectivity index (χ4n) is 2.28. The molecular weight excluding hydrogens is 244 g/mol. The first kappa shape index (κ1) is 13.8. The average Bonchev–Trinajstić information content (AvgIpc) is 2.40. The largest absolute Gasteiger partial charge is 0.508 e. The molecule has 0 radical (unpaired) electrons. The van der Waals surface area contributed by atoms with Gasteiger partial charge in [0.1, 0.15) is 5.75 Å². The summed E-state index contributed by atoms with van der Waals surface area (Å²) in [5.74, 6) is -0.436. The van der Waals surface area contributed by atoms with Gasteiger partial charge in [-0.2, -0.15) is 0 Å². The highest BCUT2D eigenvalue weighted by molar-refractivity contribution is 5.66. The van der Waals surface area contributed by atoms with Crippen LogP contribution in [0.25, 0.3) is 0 Å². The highest BCUT2D eigenvalue weighted by Crippen LogP contribution is 2.13. The molecule has 1 aromatic rings. The number of carboxylic acids is 1. The van der Waals surface area contributed by atoms with Gasteiger partial charge in [0, 0.05) is 39.3 Å². The number of phenols is 1. The molecule has 1 aliphatic rings. The van der Waals surface area contributed by atoms with E-state index in [4.69, 9.17) is 5.11 Å². The van der Waals surface area contributed by atoms with Crippen LogP contribution in [0.3, 0.4) is 0 Å². The van der Waals surface area contributed by atoms with Crippen LogP contribution < -0.4 is 0 Å². The quantitative estimate of drug-likeness (QED) is 0.830. The van der Waals surface area contributed by atoms with Crippen LogP contribution in [-0.2, 0) is 11.3 Å². The number of hydrogen-bond acceptors (Lipinski definition) is 4. The summed E-state index contributed by atoms with van der Waals surface area (Å²) in [6, 6.07) is 7.29. The van der Waals surface area contributed by atoms with E-state index in [2.05, 4.69) is 9.80 Å². The number of aromatic hydroxyl groups is 1. The summed E-state index contributed by atoms with van der Waals surface area (Å²) < 4.78 is 0. The molecule has 1 fully saturated rings. The Kier molecular flexibility index (Phi) is 4.76. The van der Waals surface area contributed by atoms with E-state index in [1.165, 1.54) is 5.56 Å². The number of hydrogen-bond donors (Lipinski definition) is 2. The molecule has 2 N–H and O–H groups in total. The second-order valence-electron chi connectivity index (χ2n) is 4.93. The van der Waals surface area contributed by atoms with E-state index in [0.29, 0.717) is 12.3 Å². The summed E-state index contributed by atoms with van der Waals surface area (Å²) in [6.45, 7) is 5.28. The zero-order valence-electron chi connectivity index (χ0n) is 11.0. The molecule has 5 nitrogen and oxygen atoms in total. The number of nitrogens with zero attached hydrogens (tertiary/aromatic N) is 2. The Labute approximate surface area is 113 Å². The number of rotatable bonds is 5. The molecule has 5 heteroatoms. The predicted molar refractivity (Wildman–Crippen MR) is 72.1 cm³/mol. The molecule has 1 aliphatic heterocycles. The number of benzene rings is 1. The van der Waals surface area contributed by atoms with Crippen molar-refractivity contribution in [2.45, 2.75) is 13.0 Å². The Morgan fingerprint density at radius 3 is 2.21 bits per heavy atom. The first-order valence-electron chi connectivity index (χ1n) is 6.58. The highest BCUT2D eigenvalue weighted by Gasteiger charge is 2.17. The Bertz CT molecular complexity index is 411. The SMILES string of the molecule is O=C(O)CCN1CCN(Cc2ccc(O)cc2)CC1. The minimum absolute atomic E-state index is 0.220. The third-order valence-corrected chi connectivity index (χ3v) is 3.45. The van der Waals surface area contributed by atoms with Crippen molar-refractivity contribution in [3.63, 3.8) is 0 Å². The fourth-order valence-corrected chi connectivity index (χ4v) is 2.28. The molecule has 0 spiro atoms. The van der Waals surface area contributed by atoms with Gasteiger partial charge in [0.05, 0.1) is 6.42 Å². The lowest BCUT2D eigenvalue weighted by Crippen LogP contribution is -2.46. The number of aliphatic carboxylic acids is 1. The van der Waals surface area contributed by atoms with Gasteiger partial charge < -0.3 is 15.1 Å². The summed E-state index contributed by atoms with van der Waals surface area (Å²) in [7, 11) is 0. The van der Waals surface area contributed by atoms with Crippen LogP contribution in [0, 0.1) is 0 Å². The summed E-state index contributed by atoms with van der Waals surface area (Å²) in [5.41, 5.74) is 1.19. The lowest BCUT2D eigenvalue weighted by molar-refractivity contribution is -0.137. The van der Waals surface area contributed by atoms with Gasteiger partial charge in [-0.05, 0) is 17.7 Å². The van der Waals surface area contributed by atoms with E-state index < -0.39 is 5.97 Å². The first-order chi connectivity index (χ1) is 9.13. The normalized spacial score (nSPS) is 17.5. The van der Waals surface area contributed by atoms with Crippen LogP contribution in [0.15, 0.2) is 24.3 Å². The van der Waals surface area contributed by atoms with Gasteiger partial charge in [0.25, 0.3) is 0 Å². The smallest absolute Gasteiger partial charge is 0.304 e. The van der Waals surface area contributed by atoms with Gasteiger partial charge >= 0.3 is 5.97 Å². The Morgan fingerprint density at radius 1 is 1.05 bits per heavy atom. The van der Waals surface area contributed by atoms with Crippen LogP contribution in [-0.4, -0.2) is 58.7 Å². The predicted octanol–water partition coefficient (Wildman–Crippen LogP) is 0.984. The van der Waals surface area contributed by atoms with E-state index in [0.717, 1.165) is 32.7 Å². The van der Waals surface area contributed by atoms with Crippen molar-refractivity contribution in [1.82, 2.24) is 9.80 Å². The van der Waals surface area contributed by atoms with Crippen LogP contribution in [0.2, 0.25) is 0 Å². The fraction of sp³-hybridized carbons (Fsp3) is 0.500. The number of carboxylic acid groups (broad SMARTS) is 1. The average molecular weight is 264 g/mol. The highest BCUT2D eigenvalue weighted by atomic mass is 16.4. The molecule has 19 heavy (non-hydrogen) atoms. The topological polar surface area (TPSA) is 64.0 Å². The number of piperazine rings is 1. The Morgan fingerprint density at radius 2 is 1.63 bits per heavy atom. The number of phenolic OH excluding ortho intramolecular Hbond substituents is 1. The molecule has 0 bridgehead atoms. The van der Waals surface area contributed by atoms with Crippen molar-refractivity contribution in [3.05, 3.63) is 29.8 Å². The minimum Gasteiger partial charge on any atom is -0.508 e. The molecule has 0 atom stereocenters. The Hall–Kier alpha value is -1.59. The third-order valence-electron chi connectivity index (χ3n) is 3.45. The Balaban J connectivity index is 1.74. The van der Waals surface area contributed by atoms with Crippen LogP contribution in [0.5, 0.6) is 5.75 Å². The minimum atomic E-state index is -0.730. The second-order valence-corrected chi connectivity index (χ2v) is 4.93.